The number of aryl methyl sites for hydroxylation is 1. The van der Waals surface area contributed by atoms with Gasteiger partial charge >= 0.3 is 12.1 Å². The highest BCUT2D eigenvalue weighted by Gasteiger charge is 2.38. The Kier molecular flexibility index (Phi) is 5.99. The average Bonchev–Trinajstić information content (AvgIpc) is 3.18. The molecule has 0 aromatic carbocycles. The van der Waals surface area contributed by atoms with Gasteiger partial charge in [-0.1, -0.05) is 5.16 Å². The highest BCUT2D eigenvalue weighted by Crippen LogP contribution is 2.48. The Balaban J connectivity index is 0.000000364. The number of hydrogen-bond donors (Lipinski definition) is 2. The molecule has 4 heterocycles. The monoisotopic (exact) mass is 495 g/mol. The van der Waals surface area contributed by atoms with Gasteiger partial charge in [-0.05, 0) is 26.7 Å². The molecule has 4 aromatic heterocycles. The summed E-state index contributed by atoms with van der Waals surface area (Å²) in [7, 11) is 1.90. The molecule has 1 aliphatic carbocycles. The van der Waals surface area contributed by atoms with Crippen LogP contribution in [0.5, 0.6) is 0 Å². The molecule has 0 atom stereocenters. The van der Waals surface area contributed by atoms with E-state index in [2.05, 4.69) is 20.2 Å². The lowest BCUT2D eigenvalue weighted by Gasteiger charge is -2.07. The summed E-state index contributed by atoms with van der Waals surface area (Å²) in [6, 6.07) is -0.0688. The first-order valence-corrected chi connectivity index (χ1v) is 10.5. The van der Waals surface area contributed by atoms with E-state index in [-0.39, 0.29) is 11.9 Å². The number of carboxylic acid groups (broad SMARTS) is 1. The highest BCUT2D eigenvalue weighted by atomic mass is 19.4. The summed E-state index contributed by atoms with van der Waals surface area (Å²) in [5.41, 5.74) is 8.98. The van der Waals surface area contributed by atoms with Gasteiger partial charge in [0.05, 0.1) is 29.2 Å². The molecule has 0 bridgehead atoms. The Hall–Kier alpha value is -3.97. The van der Waals surface area contributed by atoms with Crippen LogP contribution in [0.25, 0.3) is 33.5 Å². The number of rotatable bonds is 4. The highest BCUT2D eigenvalue weighted by molar-refractivity contribution is 6.02. The number of aliphatic carboxylic acids is 1. The Labute approximate surface area is 195 Å². The van der Waals surface area contributed by atoms with Crippen LogP contribution in [-0.4, -0.2) is 46.7 Å². The standard InChI is InChI=1S/C19H20FN7O.C2HF3O2/c1-9(2)27-17-11(20)6-22-19(21)14(17)15(24-27)16-13(12-7-26(3)8-23-12)18(28-25-16)10-4-5-10;3-2(4,5)1(6)7/h6-10H,4-5H2,1-3H3,(H2,21,22);(H,6,7). The maximum Gasteiger partial charge on any atom is 0.490 e. The van der Waals surface area contributed by atoms with Crippen molar-refractivity contribution in [1.82, 2.24) is 29.5 Å². The van der Waals surface area contributed by atoms with Crippen molar-refractivity contribution in [3.63, 3.8) is 0 Å². The summed E-state index contributed by atoms with van der Waals surface area (Å²) in [6.45, 7) is 3.87. The Morgan fingerprint density at radius 3 is 2.43 bits per heavy atom. The second-order valence-corrected chi connectivity index (χ2v) is 8.37. The van der Waals surface area contributed by atoms with Gasteiger partial charge in [0.2, 0.25) is 0 Å². The van der Waals surface area contributed by atoms with E-state index in [9.17, 15) is 17.6 Å². The minimum atomic E-state index is -5.08. The van der Waals surface area contributed by atoms with Crippen molar-refractivity contribution in [1.29, 1.82) is 0 Å². The van der Waals surface area contributed by atoms with Gasteiger partial charge in [-0.15, -0.1) is 0 Å². The molecular weight excluding hydrogens is 474 g/mol. The molecule has 4 aromatic rings. The molecule has 35 heavy (non-hydrogen) atoms. The molecule has 1 saturated carbocycles. The molecule has 0 aliphatic heterocycles. The predicted molar refractivity (Wildman–Crippen MR) is 116 cm³/mol. The summed E-state index contributed by atoms with van der Waals surface area (Å²) in [5, 5.41) is 16.6. The molecule has 3 N–H and O–H groups in total. The zero-order chi connectivity index (χ0) is 25.7. The average molecular weight is 495 g/mol. The largest absolute Gasteiger partial charge is 0.490 e. The number of carbonyl (C=O) groups is 1. The Morgan fingerprint density at radius 2 is 1.91 bits per heavy atom. The van der Waals surface area contributed by atoms with E-state index in [0.29, 0.717) is 28.2 Å². The third kappa shape index (κ3) is 4.55. The minimum Gasteiger partial charge on any atom is -0.475 e. The van der Waals surface area contributed by atoms with Gasteiger partial charge in [-0.2, -0.15) is 18.3 Å². The summed E-state index contributed by atoms with van der Waals surface area (Å²) in [6.07, 6.45) is 1.77. The van der Waals surface area contributed by atoms with E-state index in [1.165, 1.54) is 0 Å². The van der Waals surface area contributed by atoms with E-state index < -0.39 is 18.0 Å². The third-order valence-electron chi connectivity index (χ3n) is 5.29. The molecule has 1 aliphatic rings. The molecular formula is C21H21F4N7O3. The third-order valence-corrected chi connectivity index (χ3v) is 5.29. The first-order valence-electron chi connectivity index (χ1n) is 10.5. The molecule has 0 radical (unpaired) electrons. The SMILES string of the molecule is CC(C)n1nc(-c2noc(C3CC3)c2-c2cn(C)cn2)c2c(N)ncc(F)c21.O=C(O)C(F)(F)F. The number of fused-ring (bicyclic) bond motifs is 1. The van der Waals surface area contributed by atoms with Crippen LogP contribution < -0.4 is 5.73 Å². The lowest BCUT2D eigenvalue weighted by Crippen LogP contribution is -2.21. The van der Waals surface area contributed by atoms with Crippen LogP contribution >= 0.6 is 0 Å². The van der Waals surface area contributed by atoms with E-state index in [1.54, 1.807) is 11.0 Å². The lowest BCUT2D eigenvalue weighted by molar-refractivity contribution is -0.192. The van der Waals surface area contributed by atoms with Crippen molar-refractivity contribution in [3.05, 3.63) is 30.3 Å². The molecule has 0 unspecified atom stereocenters. The van der Waals surface area contributed by atoms with Gasteiger partial charge in [0, 0.05) is 25.2 Å². The molecule has 1 fully saturated rings. The fourth-order valence-electron chi connectivity index (χ4n) is 3.58. The van der Waals surface area contributed by atoms with Crippen molar-refractivity contribution >= 4 is 22.7 Å². The van der Waals surface area contributed by atoms with Gasteiger partial charge in [-0.3, -0.25) is 4.68 Å². The Morgan fingerprint density at radius 1 is 1.26 bits per heavy atom. The van der Waals surface area contributed by atoms with Crippen molar-refractivity contribution in [2.75, 3.05) is 5.73 Å². The molecule has 0 spiro atoms. The van der Waals surface area contributed by atoms with Gasteiger partial charge in [-0.25, -0.2) is 19.2 Å². The number of nitrogens with zero attached hydrogens (tertiary/aromatic N) is 6. The van der Waals surface area contributed by atoms with Crippen LogP contribution in [0.4, 0.5) is 23.4 Å². The van der Waals surface area contributed by atoms with Crippen molar-refractivity contribution < 1.29 is 32.0 Å². The van der Waals surface area contributed by atoms with Crippen LogP contribution in [0.1, 0.15) is 44.4 Å². The number of halogens is 4. The predicted octanol–water partition coefficient (Wildman–Crippen LogP) is 4.30. The zero-order valence-electron chi connectivity index (χ0n) is 18.8. The number of aromatic nitrogens is 6. The van der Waals surface area contributed by atoms with E-state index >= 15 is 0 Å². The number of alkyl halides is 3. The number of imidazole rings is 1. The minimum absolute atomic E-state index is 0.0688. The maximum absolute atomic E-state index is 14.6. The molecule has 186 valence electrons. The van der Waals surface area contributed by atoms with E-state index in [0.717, 1.165) is 36.1 Å². The van der Waals surface area contributed by atoms with Gasteiger partial charge in [0.1, 0.15) is 28.5 Å². The topological polar surface area (TPSA) is 138 Å². The van der Waals surface area contributed by atoms with E-state index in [4.69, 9.17) is 20.2 Å². The Bertz CT molecular complexity index is 1400. The first kappa shape index (κ1) is 24.2. The molecule has 0 saturated heterocycles. The summed E-state index contributed by atoms with van der Waals surface area (Å²) in [5.74, 6) is -1.90. The van der Waals surface area contributed by atoms with Gasteiger partial charge in [0.15, 0.2) is 5.82 Å². The van der Waals surface area contributed by atoms with Gasteiger partial charge < -0.3 is 19.9 Å². The summed E-state index contributed by atoms with van der Waals surface area (Å²) in [4.78, 5) is 17.4. The molecule has 5 rings (SSSR count). The second-order valence-electron chi connectivity index (χ2n) is 8.37. The smallest absolute Gasteiger partial charge is 0.475 e. The number of pyridine rings is 1. The normalized spacial score (nSPS) is 13.8. The van der Waals surface area contributed by atoms with Crippen LogP contribution in [0.2, 0.25) is 0 Å². The van der Waals surface area contributed by atoms with Crippen molar-refractivity contribution in [2.45, 2.75) is 44.8 Å². The fourth-order valence-corrected chi connectivity index (χ4v) is 3.58. The van der Waals surface area contributed by atoms with Crippen LogP contribution in [0.15, 0.2) is 23.2 Å². The lowest BCUT2D eigenvalue weighted by atomic mass is 10.0. The zero-order valence-corrected chi connectivity index (χ0v) is 18.8. The molecule has 10 nitrogen and oxygen atoms in total. The molecule has 14 heteroatoms. The maximum atomic E-state index is 14.6. The van der Waals surface area contributed by atoms with Crippen LogP contribution in [0, 0.1) is 5.82 Å². The van der Waals surface area contributed by atoms with Gasteiger partial charge in [0.25, 0.3) is 0 Å². The number of nitrogen functional groups attached to an aromatic ring is 1. The second kappa shape index (κ2) is 8.67. The van der Waals surface area contributed by atoms with E-state index in [1.807, 2.05) is 31.7 Å². The first-order chi connectivity index (χ1) is 16.4. The van der Waals surface area contributed by atoms with Crippen molar-refractivity contribution in [2.24, 2.45) is 7.05 Å². The number of nitrogens with two attached hydrogens (primary N) is 1. The fraction of sp³-hybridized carbons (Fsp3) is 0.381. The number of anilines is 1. The number of hydrogen-bond acceptors (Lipinski definition) is 7. The summed E-state index contributed by atoms with van der Waals surface area (Å²) < 4.78 is 55.6. The van der Waals surface area contributed by atoms with Crippen LogP contribution in [-0.2, 0) is 11.8 Å². The summed E-state index contributed by atoms with van der Waals surface area (Å²) >= 11 is 0. The quantitative estimate of drug-likeness (QED) is 0.400. The van der Waals surface area contributed by atoms with Crippen LogP contribution in [0.3, 0.4) is 0 Å². The molecule has 0 amide bonds. The number of carboxylic acids is 1. The van der Waals surface area contributed by atoms with Crippen molar-refractivity contribution in [3.8, 4) is 22.6 Å².